The maximum Gasteiger partial charge on any atom is 0.317 e. The largest absolute Gasteiger partial charge is 0.494 e. The molecule has 0 spiro atoms. The van der Waals surface area contributed by atoms with Crippen LogP contribution in [0.4, 0.5) is 4.79 Å². The molecule has 0 fully saturated rings. The second kappa shape index (κ2) is 9.62. The number of aliphatic hydroxyl groups is 1. The normalized spacial score (nSPS) is 10.1. The minimum atomic E-state index is -0.974. The SMILES string of the molecule is CCOc1cccc(CN(CCO)C(=O)NCCC(=O)O)c1. The van der Waals surface area contributed by atoms with Gasteiger partial charge in [-0.25, -0.2) is 4.79 Å². The number of rotatable bonds is 9. The van der Waals surface area contributed by atoms with Crippen LogP contribution in [0.15, 0.2) is 24.3 Å². The summed E-state index contributed by atoms with van der Waals surface area (Å²) < 4.78 is 5.41. The van der Waals surface area contributed by atoms with Crippen LogP contribution in [-0.2, 0) is 11.3 Å². The van der Waals surface area contributed by atoms with Gasteiger partial charge in [0.2, 0.25) is 0 Å². The fraction of sp³-hybridized carbons (Fsp3) is 0.467. The summed E-state index contributed by atoms with van der Waals surface area (Å²) in [4.78, 5) is 23.9. The monoisotopic (exact) mass is 310 g/mol. The molecule has 0 aliphatic rings. The molecule has 1 aromatic carbocycles. The number of carboxylic acid groups (broad SMARTS) is 1. The molecule has 1 rings (SSSR count). The Hall–Kier alpha value is -2.28. The topological polar surface area (TPSA) is 99.1 Å². The second-order valence-electron chi connectivity index (χ2n) is 4.60. The summed E-state index contributed by atoms with van der Waals surface area (Å²) in [6, 6.07) is 6.95. The smallest absolute Gasteiger partial charge is 0.317 e. The van der Waals surface area contributed by atoms with Gasteiger partial charge in [0.25, 0.3) is 0 Å². The van der Waals surface area contributed by atoms with Crippen molar-refractivity contribution in [3.8, 4) is 5.75 Å². The number of nitrogens with one attached hydrogen (secondary N) is 1. The number of urea groups is 1. The van der Waals surface area contributed by atoms with Crippen LogP contribution in [0.25, 0.3) is 0 Å². The van der Waals surface area contributed by atoms with Crippen molar-refractivity contribution in [2.75, 3.05) is 26.3 Å². The van der Waals surface area contributed by atoms with Gasteiger partial charge < -0.3 is 25.2 Å². The Morgan fingerprint density at radius 1 is 1.36 bits per heavy atom. The maximum absolute atomic E-state index is 12.0. The molecule has 0 aliphatic heterocycles. The lowest BCUT2D eigenvalue weighted by Crippen LogP contribution is -2.41. The molecule has 22 heavy (non-hydrogen) atoms. The van der Waals surface area contributed by atoms with E-state index in [0.717, 1.165) is 11.3 Å². The first-order valence-electron chi connectivity index (χ1n) is 7.14. The predicted octanol–water partition coefficient (Wildman–Crippen LogP) is 1.06. The second-order valence-corrected chi connectivity index (χ2v) is 4.60. The van der Waals surface area contributed by atoms with Crippen LogP contribution >= 0.6 is 0 Å². The van der Waals surface area contributed by atoms with Gasteiger partial charge in [0.15, 0.2) is 0 Å². The van der Waals surface area contributed by atoms with E-state index in [-0.39, 0.29) is 26.1 Å². The van der Waals surface area contributed by atoms with Crippen LogP contribution < -0.4 is 10.1 Å². The van der Waals surface area contributed by atoms with E-state index < -0.39 is 12.0 Å². The summed E-state index contributed by atoms with van der Waals surface area (Å²) in [6.45, 7) is 2.80. The van der Waals surface area contributed by atoms with E-state index >= 15 is 0 Å². The molecular formula is C15H22N2O5. The van der Waals surface area contributed by atoms with Crippen LogP contribution in [0.3, 0.4) is 0 Å². The Labute approximate surface area is 129 Å². The van der Waals surface area contributed by atoms with Gasteiger partial charge in [-0.1, -0.05) is 12.1 Å². The maximum atomic E-state index is 12.0. The molecule has 0 bridgehead atoms. The van der Waals surface area contributed by atoms with Crippen molar-refractivity contribution in [2.24, 2.45) is 0 Å². The number of ether oxygens (including phenoxy) is 1. The van der Waals surface area contributed by atoms with E-state index in [1.165, 1.54) is 4.90 Å². The van der Waals surface area contributed by atoms with Crippen molar-refractivity contribution in [1.82, 2.24) is 10.2 Å². The standard InChI is InChI=1S/C15H22N2O5/c1-2-22-13-5-3-4-12(10-13)11-17(8-9-18)15(21)16-7-6-14(19)20/h3-5,10,18H,2,6-9,11H2,1H3,(H,16,21)(H,19,20). The molecule has 122 valence electrons. The predicted molar refractivity (Wildman–Crippen MR) is 80.8 cm³/mol. The average Bonchev–Trinajstić information content (AvgIpc) is 2.47. The number of hydrogen-bond acceptors (Lipinski definition) is 4. The summed E-state index contributed by atoms with van der Waals surface area (Å²) in [6.07, 6.45) is -0.140. The number of aliphatic carboxylic acids is 1. The third-order valence-electron chi connectivity index (χ3n) is 2.86. The van der Waals surface area contributed by atoms with E-state index in [1.54, 1.807) is 0 Å². The van der Waals surface area contributed by atoms with E-state index in [1.807, 2.05) is 31.2 Å². The molecular weight excluding hydrogens is 288 g/mol. The van der Waals surface area contributed by atoms with E-state index in [0.29, 0.717) is 13.2 Å². The minimum Gasteiger partial charge on any atom is -0.494 e. The molecule has 0 atom stereocenters. The van der Waals surface area contributed by atoms with Gasteiger partial charge in [-0.15, -0.1) is 0 Å². The highest BCUT2D eigenvalue weighted by Gasteiger charge is 2.13. The van der Waals surface area contributed by atoms with Gasteiger partial charge >= 0.3 is 12.0 Å². The van der Waals surface area contributed by atoms with E-state index in [4.69, 9.17) is 14.9 Å². The van der Waals surface area contributed by atoms with E-state index in [9.17, 15) is 9.59 Å². The van der Waals surface area contributed by atoms with Crippen molar-refractivity contribution in [2.45, 2.75) is 19.9 Å². The molecule has 1 aromatic rings. The number of aliphatic hydroxyl groups excluding tert-OH is 1. The number of nitrogens with zero attached hydrogens (tertiary/aromatic N) is 1. The molecule has 7 heteroatoms. The highest BCUT2D eigenvalue weighted by atomic mass is 16.5. The zero-order chi connectivity index (χ0) is 16.4. The number of carbonyl (C=O) groups excluding carboxylic acids is 1. The van der Waals surface area contributed by atoms with Gasteiger partial charge in [-0.05, 0) is 24.6 Å². The van der Waals surface area contributed by atoms with Gasteiger partial charge in [0, 0.05) is 19.6 Å². The number of carboxylic acids is 1. The highest BCUT2D eigenvalue weighted by Crippen LogP contribution is 2.15. The lowest BCUT2D eigenvalue weighted by atomic mass is 10.2. The Morgan fingerprint density at radius 3 is 2.77 bits per heavy atom. The van der Waals surface area contributed by atoms with Crippen LogP contribution in [0, 0.1) is 0 Å². The molecule has 0 saturated carbocycles. The Kier molecular flexibility index (Phi) is 7.77. The summed E-state index contributed by atoms with van der Waals surface area (Å²) in [7, 11) is 0. The Morgan fingerprint density at radius 2 is 2.14 bits per heavy atom. The summed E-state index contributed by atoms with van der Waals surface area (Å²) >= 11 is 0. The highest BCUT2D eigenvalue weighted by molar-refractivity contribution is 5.75. The third-order valence-corrected chi connectivity index (χ3v) is 2.86. The van der Waals surface area contributed by atoms with Crippen LogP contribution in [0.2, 0.25) is 0 Å². The van der Waals surface area contributed by atoms with Gasteiger partial charge in [0.05, 0.1) is 19.6 Å². The van der Waals surface area contributed by atoms with Crippen LogP contribution in [0.1, 0.15) is 18.9 Å². The lowest BCUT2D eigenvalue weighted by molar-refractivity contribution is -0.136. The first kappa shape index (κ1) is 17.8. The Bertz CT molecular complexity index is 493. The van der Waals surface area contributed by atoms with Crippen molar-refractivity contribution in [1.29, 1.82) is 0 Å². The fourth-order valence-corrected chi connectivity index (χ4v) is 1.88. The minimum absolute atomic E-state index is 0.0507. The van der Waals surface area contributed by atoms with Crippen molar-refractivity contribution < 1.29 is 24.5 Å². The number of amides is 2. The fourth-order valence-electron chi connectivity index (χ4n) is 1.88. The average molecular weight is 310 g/mol. The number of hydrogen-bond donors (Lipinski definition) is 3. The van der Waals surface area contributed by atoms with Gasteiger partial charge in [-0.3, -0.25) is 4.79 Å². The van der Waals surface area contributed by atoms with Crippen molar-refractivity contribution >= 4 is 12.0 Å². The van der Waals surface area contributed by atoms with Crippen LogP contribution in [-0.4, -0.2) is 53.4 Å². The summed E-state index contributed by atoms with van der Waals surface area (Å²) in [5.41, 5.74) is 0.868. The van der Waals surface area contributed by atoms with Crippen molar-refractivity contribution in [3.05, 3.63) is 29.8 Å². The molecule has 0 heterocycles. The zero-order valence-electron chi connectivity index (χ0n) is 12.6. The summed E-state index contributed by atoms with van der Waals surface area (Å²) in [5, 5.41) is 20.2. The lowest BCUT2D eigenvalue weighted by Gasteiger charge is -2.22. The molecule has 7 nitrogen and oxygen atoms in total. The molecule has 3 N–H and O–H groups in total. The number of carbonyl (C=O) groups is 2. The first-order valence-corrected chi connectivity index (χ1v) is 7.14. The van der Waals surface area contributed by atoms with Gasteiger partial charge in [-0.2, -0.15) is 0 Å². The quantitative estimate of drug-likeness (QED) is 0.633. The van der Waals surface area contributed by atoms with Crippen LogP contribution in [0.5, 0.6) is 5.75 Å². The summed E-state index contributed by atoms with van der Waals surface area (Å²) in [5.74, 6) is -0.256. The molecule has 0 radical (unpaired) electrons. The molecule has 0 aromatic heterocycles. The Balaban J connectivity index is 2.64. The van der Waals surface area contributed by atoms with Crippen molar-refractivity contribution in [3.63, 3.8) is 0 Å². The third kappa shape index (κ3) is 6.45. The molecule has 0 aliphatic carbocycles. The number of benzene rings is 1. The zero-order valence-corrected chi connectivity index (χ0v) is 12.6. The van der Waals surface area contributed by atoms with E-state index in [2.05, 4.69) is 5.32 Å². The molecule has 0 unspecified atom stereocenters. The molecule has 0 saturated heterocycles. The van der Waals surface area contributed by atoms with Gasteiger partial charge in [0.1, 0.15) is 5.75 Å². The molecule has 2 amide bonds. The first-order chi connectivity index (χ1) is 10.6.